The van der Waals surface area contributed by atoms with Crippen molar-refractivity contribution in [3.8, 4) is 11.4 Å². The van der Waals surface area contributed by atoms with Gasteiger partial charge in [-0.2, -0.15) is 5.10 Å². The number of anilines is 1. The normalized spacial score (nSPS) is 13.7. The van der Waals surface area contributed by atoms with E-state index in [0.717, 1.165) is 39.2 Å². The first-order chi connectivity index (χ1) is 20.6. The van der Waals surface area contributed by atoms with Crippen molar-refractivity contribution in [3.05, 3.63) is 94.5 Å². The van der Waals surface area contributed by atoms with Gasteiger partial charge in [-0.1, -0.05) is 29.3 Å². The first-order valence-corrected chi connectivity index (χ1v) is 15.6. The Morgan fingerprint density at radius 3 is 2.60 bits per heavy atom. The number of benzene rings is 3. The molecular weight excluding hydrogens is 588 g/mol. The van der Waals surface area contributed by atoms with Crippen LogP contribution in [0.1, 0.15) is 40.3 Å². The minimum Gasteiger partial charge on any atom is -0.492 e. The summed E-state index contributed by atoms with van der Waals surface area (Å²) in [5.74, 6) is 1.04. The van der Waals surface area contributed by atoms with Gasteiger partial charge < -0.3 is 15.5 Å². The van der Waals surface area contributed by atoms with Gasteiger partial charge in [0.1, 0.15) is 23.1 Å². The smallest absolute Gasteiger partial charge is 0.268 e. The van der Waals surface area contributed by atoms with Gasteiger partial charge in [-0.3, -0.25) is 4.79 Å². The number of nitrogens with two attached hydrogens (primary N) is 1. The molecule has 0 radical (unpaired) electrons. The molecule has 1 fully saturated rings. The summed E-state index contributed by atoms with van der Waals surface area (Å²) < 4.78 is 36.8. The highest BCUT2D eigenvalue weighted by atomic mass is 35.5. The molecule has 3 heterocycles. The third-order valence-corrected chi connectivity index (χ3v) is 9.69. The van der Waals surface area contributed by atoms with Crippen molar-refractivity contribution in [1.29, 1.82) is 0 Å². The number of imidazole rings is 1. The number of halogens is 1. The third kappa shape index (κ3) is 4.74. The molecule has 10 nitrogen and oxygen atoms in total. The minimum absolute atomic E-state index is 0.0336. The lowest BCUT2D eigenvalue weighted by atomic mass is 10.1. The van der Waals surface area contributed by atoms with Gasteiger partial charge in [0.25, 0.3) is 10.0 Å². The van der Waals surface area contributed by atoms with Crippen molar-refractivity contribution in [2.24, 2.45) is 5.92 Å². The fourth-order valence-corrected chi connectivity index (χ4v) is 6.88. The highest BCUT2D eigenvalue weighted by Gasteiger charge is 2.30. The van der Waals surface area contributed by atoms with Crippen LogP contribution in [0.15, 0.2) is 71.8 Å². The summed E-state index contributed by atoms with van der Waals surface area (Å²) in [5.41, 5.74) is 9.78. The maximum Gasteiger partial charge on any atom is 0.268 e. The van der Waals surface area contributed by atoms with E-state index in [2.05, 4.69) is 15.1 Å². The number of fused-ring (bicyclic) bond motifs is 2. The number of ketones is 1. The quantitative estimate of drug-likeness (QED) is 0.206. The molecule has 3 N–H and O–H groups in total. The molecular formula is C31H27ClN6O4S. The number of aromatic amines is 1. The SMILES string of the molecule is Cc1ccc(S(=O)(=O)n2c(C(=O)c3cnn(-c4ccc5[nH]c(C)nc5c4)c3N)cc3cc(Cl)c(OCC4CC4)cc32)cc1. The molecule has 7 rings (SSSR count). The van der Waals surface area contributed by atoms with E-state index in [1.807, 2.05) is 26.0 Å². The average molecular weight is 615 g/mol. The molecule has 3 aromatic carbocycles. The molecule has 0 atom stereocenters. The summed E-state index contributed by atoms with van der Waals surface area (Å²) >= 11 is 6.54. The number of ether oxygens (including phenoxy) is 1. The van der Waals surface area contributed by atoms with E-state index < -0.39 is 15.8 Å². The van der Waals surface area contributed by atoms with E-state index in [1.54, 1.807) is 30.3 Å². The first-order valence-electron chi connectivity index (χ1n) is 13.7. The molecule has 6 aromatic rings. The number of carbonyl (C=O) groups excluding carboxylic acids is 1. The third-order valence-electron chi connectivity index (χ3n) is 7.65. The molecule has 1 aliphatic carbocycles. The van der Waals surface area contributed by atoms with Crippen LogP contribution in [0.3, 0.4) is 0 Å². The summed E-state index contributed by atoms with van der Waals surface area (Å²) in [5, 5.41) is 5.16. The number of carbonyl (C=O) groups is 1. The number of nitrogen functional groups attached to an aromatic ring is 1. The molecule has 0 aliphatic heterocycles. The van der Waals surface area contributed by atoms with Gasteiger partial charge in [0, 0.05) is 11.5 Å². The van der Waals surface area contributed by atoms with Crippen molar-refractivity contribution in [2.45, 2.75) is 31.6 Å². The number of hydrogen-bond acceptors (Lipinski definition) is 7. The van der Waals surface area contributed by atoms with Gasteiger partial charge in [-0.25, -0.2) is 22.1 Å². The van der Waals surface area contributed by atoms with Crippen molar-refractivity contribution >= 4 is 55.2 Å². The van der Waals surface area contributed by atoms with Crippen LogP contribution in [0.4, 0.5) is 5.82 Å². The predicted octanol–water partition coefficient (Wildman–Crippen LogP) is 5.81. The molecule has 218 valence electrons. The van der Waals surface area contributed by atoms with Gasteiger partial charge in [0.05, 0.1) is 50.5 Å². The molecule has 1 saturated carbocycles. The lowest BCUT2D eigenvalue weighted by Crippen LogP contribution is -2.19. The zero-order valence-electron chi connectivity index (χ0n) is 23.3. The molecule has 0 amide bonds. The summed E-state index contributed by atoms with van der Waals surface area (Å²) in [6.07, 6.45) is 3.51. The van der Waals surface area contributed by atoms with Crippen molar-refractivity contribution in [3.63, 3.8) is 0 Å². The Morgan fingerprint density at radius 2 is 1.86 bits per heavy atom. The van der Waals surface area contributed by atoms with E-state index in [4.69, 9.17) is 22.1 Å². The molecule has 0 saturated heterocycles. The average Bonchev–Trinajstić information content (AvgIpc) is 3.44. The van der Waals surface area contributed by atoms with E-state index in [-0.39, 0.29) is 27.5 Å². The molecule has 3 aromatic heterocycles. The van der Waals surface area contributed by atoms with E-state index in [1.165, 1.54) is 29.1 Å². The Kier molecular flexibility index (Phi) is 6.33. The Hall–Kier alpha value is -4.61. The van der Waals surface area contributed by atoms with E-state index in [0.29, 0.717) is 34.4 Å². The monoisotopic (exact) mass is 614 g/mol. The number of aromatic nitrogens is 5. The van der Waals surface area contributed by atoms with Gasteiger partial charge in [0.15, 0.2) is 0 Å². The van der Waals surface area contributed by atoms with Gasteiger partial charge >= 0.3 is 0 Å². The second-order valence-electron chi connectivity index (χ2n) is 10.9. The highest BCUT2D eigenvalue weighted by Crippen LogP contribution is 2.37. The van der Waals surface area contributed by atoms with Crippen LogP contribution in [0.2, 0.25) is 5.02 Å². The van der Waals surface area contributed by atoms with E-state index in [9.17, 15) is 13.2 Å². The van der Waals surface area contributed by atoms with Gasteiger partial charge in [0.2, 0.25) is 5.78 Å². The summed E-state index contributed by atoms with van der Waals surface area (Å²) in [4.78, 5) is 21.8. The Balaban J connectivity index is 1.37. The summed E-state index contributed by atoms with van der Waals surface area (Å²) in [6.45, 7) is 4.22. The molecule has 12 heteroatoms. The topological polar surface area (TPSA) is 138 Å². The Labute approximate surface area is 252 Å². The minimum atomic E-state index is -4.23. The van der Waals surface area contributed by atoms with Crippen LogP contribution >= 0.6 is 11.6 Å². The van der Waals surface area contributed by atoms with Crippen LogP contribution in [-0.2, 0) is 10.0 Å². The lowest BCUT2D eigenvalue weighted by molar-refractivity contribution is 0.103. The first kappa shape index (κ1) is 27.2. The number of aryl methyl sites for hydroxylation is 2. The Morgan fingerprint density at radius 1 is 1.09 bits per heavy atom. The van der Waals surface area contributed by atoms with Gasteiger partial charge in [-0.15, -0.1) is 0 Å². The van der Waals surface area contributed by atoms with Crippen LogP contribution in [0.5, 0.6) is 5.75 Å². The van der Waals surface area contributed by atoms with Crippen molar-refractivity contribution in [2.75, 3.05) is 12.3 Å². The van der Waals surface area contributed by atoms with Crippen LogP contribution in [0, 0.1) is 19.8 Å². The number of H-pyrrole nitrogens is 1. The van der Waals surface area contributed by atoms with Crippen LogP contribution < -0.4 is 10.5 Å². The molecule has 43 heavy (non-hydrogen) atoms. The number of nitrogens with zero attached hydrogens (tertiary/aromatic N) is 4. The fraction of sp³-hybridized carbons (Fsp3) is 0.194. The maximum absolute atomic E-state index is 14.2. The highest BCUT2D eigenvalue weighted by molar-refractivity contribution is 7.90. The predicted molar refractivity (Wildman–Crippen MR) is 165 cm³/mol. The molecule has 0 spiro atoms. The van der Waals surface area contributed by atoms with Crippen molar-refractivity contribution in [1.82, 2.24) is 23.7 Å². The zero-order valence-corrected chi connectivity index (χ0v) is 24.9. The molecule has 0 bridgehead atoms. The number of rotatable bonds is 8. The van der Waals surface area contributed by atoms with Crippen LogP contribution in [-0.4, -0.2) is 44.5 Å². The summed E-state index contributed by atoms with van der Waals surface area (Å²) in [6, 6.07) is 16.6. The second kappa shape index (κ2) is 9.99. The van der Waals surface area contributed by atoms with E-state index >= 15 is 0 Å². The number of hydrogen-bond donors (Lipinski definition) is 2. The Bertz CT molecular complexity index is 2180. The van der Waals surface area contributed by atoms with Gasteiger partial charge in [-0.05, 0) is 75.1 Å². The fourth-order valence-electron chi connectivity index (χ4n) is 5.15. The lowest BCUT2D eigenvalue weighted by Gasteiger charge is -2.13. The standard InChI is InChI=1S/C31H27ClN6O4S/c1-17-3-8-22(9-4-17)43(40,41)38-27-14-29(42-16-19-5-6-19)24(32)11-20(27)12-28(38)30(39)23-15-34-37(31(23)33)21-7-10-25-26(13-21)36-18(2)35-25/h3-4,7-15,19H,5-6,16,33H2,1-2H3,(H,35,36). The maximum atomic E-state index is 14.2. The molecule has 0 unspecified atom stereocenters. The summed E-state index contributed by atoms with van der Waals surface area (Å²) in [7, 11) is -4.23. The largest absolute Gasteiger partial charge is 0.492 e. The van der Waals surface area contributed by atoms with Crippen molar-refractivity contribution < 1.29 is 17.9 Å². The van der Waals surface area contributed by atoms with Crippen LogP contribution in [0.25, 0.3) is 27.6 Å². The number of nitrogens with one attached hydrogen (secondary N) is 1. The zero-order chi connectivity index (χ0) is 30.0. The molecule has 1 aliphatic rings. The second-order valence-corrected chi connectivity index (χ2v) is 13.1.